The minimum absolute atomic E-state index is 0.0629. The molecule has 1 unspecified atom stereocenters. The molecule has 1 atom stereocenters. The quantitative estimate of drug-likeness (QED) is 0.779. The fraction of sp³-hybridized carbons (Fsp3) is 0.545. The molecule has 2 heterocycles. The van der Waals surface area contributed by atoms with Gasteiger partial charge < -0.3 is 10.6 Å². The highest BCUT2D eigenvalue weighted by Gasteiger charge is 2.28. The summed E-state index contributed by atoms with van der Waals surface area (Å²) in [6.45, 7) is 2.41. The number of rotatable bonds is 3. The monoisotopic (exact) mass is 236 g/mol. The van der Waals surface area contributed by atoms with Crippen molar-refractivity contribution in [3.8, 4) is 0 Å². The highest BCUT2D eigenvalue weighted by Crippen LogP contribution is 2.17. The second kappa shape index (κ2) is 4.57. The molecule has 6 heteroatoms. The Labute approximate surface area is 99.4 Å². The van der Waals surface area contributed by atoms with E-state index in [9.17, 15) is 9.59 Å². The molecule has 0 aromatic carbocycles. The van der Waals surface area contributed by atoms with Gasteiger partial charge in [0.25, 0.3) is 0 Å². The lowest BCUT2D eigenvalue weighted by Gasteiger charge is -2.08. The molecule has 1 saturated heterocycles. The van der Waals surface area contributed by atoms with E-state index in [1.54, 1.807) is 10.9 Å². The lowest BCUT2D eigenvalue weighted by Crippen LogP contribution is -2.24. The van der Waals surface area contributed by atoms with Crippen LogP contribution in [0.15, 0.2) is 6.20 Å². The Morgan fingerprint density at radius 3 is 3.06 bits per heavy atom. The molecule has 92 valence electrons. The molecule has 1 aromatic rings. The molecule has 1 aliphatic heterocycles. The van der Waals surface area contributed by atoms with E-state index in [0.717, 1.165) is 17.8 Å². The maximum absolute atomic E-state index is 11.9. The molecule has 0 radical (unpaired) electrons. The normalized spacial score (nSPS) is 19.2. The van der Waals surface area contributed by atoms with E-state index >= 15 is 0 Å². The van der Waals surface area contributed by atoms with Crippen LogP contribution in [0.1, 0.15) is 19.0 Å². The molecule has 1 fully saturated rings. The van der Waals surface area contributed by atoms with Crippen LogP contribution in [0.25, 0.3) is 0 Å². The lowest BCUT2D eigenvalue weighted by molar-refractivity contribution is -0.123. The van der Waals surface area contributed by atoms with Crippen molar-refractivity contribution in [3.63, 3.8) is 0 Å². The van der Waals surface area contributed by atoms with Crippen molar-refractivity contribution in [2.45, 2.75) is 19.8 Å². The second-order valence-electron chi connectivity index (χ2n) is 4.21. The maximum atomic E-state index is 11.9. The summed E-state index contributed by atoms with van der Waals surface area (Å²) in [6, 6.07) is 0. The number of aromatic nitrogens is 2. The number of nitrogens with zero attached hydrogens (tertiary/aromatic N) is 2. The third kappa shape index (κ3) is 2.46. The lowest BCUT2D eigenvalue weighted by atomic mass is 10.1. The molecule has 1 aromatic heterocycles. The molecule has 0 aliphatic carbocycles. The summed E-state index contributed by atoms with van der Waals surface area (Å²) >= 11 is 0. The van der Waals surface area contributed by atoms with Crippen LogP contribution < -0.4 is 10.6 Å². The van der Waals surface area contributed by atoms with Gasteiger partial charge in [-0.25, -0.2) is 0 Å². The molecule has 6 nitrogen and oxygen atoms in total. The van der Waals surface area contributed by atoms with Crippen LogP contribution in [-0.4, -0.2) is 28.1 Å². The first kappa shape index (κ1) is 11.6. The van der Waals surface area contributed by atoms with Gasteiger partial charge in [-0.3, -0.25) is 14.3 Å². The molecule has 2 N–H and O–H groups in total. The smallest absolute Gasteiger partial charge is 0.229 e. The van der Waals surface area contributed by atoms with E-state index in [1.807, 2.05) is 14.0 Å². The third-order valence-electron chi connectivity index (χ3n) is 2.85. The molecular weight excluding hydrogens is 220 g/mol. The molecule has 2 amide bonds. The van der Waals surface area contributed by atoms with Gasteiger partial charge in [0.2, 0.25) is 11.8 Å². The minimum Gasteiger partial charge on any atom is -0.355 e. The van der Waals surface area contributed by atoms with Crippen molar-refractivity contribution < 1.29 is 9.59 Å². The summed E-state index contributed by atoms with van der Waals surface area (Å²) in [4.78, 5) is 22.9. The fourth-order valence-electron chi connectivity index (χ4n) is 1.93. The van der Waals surface area contributed by atoms with Gasteiger partial charge in [0.15, 0.2) is 0 Å². The average Bonchev–Trinajstić information content (AvgIpc) is 2.85. The Bertz CT molecular complexity index is 452. The van der Waals surface area contributed by atoms with E-state index < -0.39 is 0 Å². The highest BCUT2D eigenvalue weighted by molar-refractivity contribution is 5.97. The molecule has 0 bridgehead atoms. The largest absolute Gasteiger partial charge is 0.355 e. The molecule has 17 heavy (non-hydrogen) atoms. The number of amides is 2. The van der Waals surface area contributed by atoms with Gasteiger partial charge in [0.1, 0.15) is 0 Å². The van der Waals surface area contributed by atoms with Crippen LogP contribution in [0, 0.1) is 5.92 Å². The Morgan fingerprint density at radius 1 is 1.71 bits per heavy atom. The van der Waals surface area contributed by atoms with Crippen molar-refractivity contribution in [1.82, 2.24) is 15.1 Å². The first-order chi connectivity index (χ1) is 8.10. The van der Waals surface area contributed by atoms with E-state index in [4.69, 9.17) is 0 Å². The van der Waals surface area contributed by atoms with Gasteiger partial charge in [-0.15, -0.1) is 0 Å². The van der Waals surface area contributed by atoms with Gasteiger partial charge in [-0.2, -0.15) is 5.10 Å². The number of carbonyl (C=O) groups is 2. The topological polar surface area (TPSA) is 76.0 Å². The first-order valence-corrected chi connectivity index (χ1v) is 5.70. The summed E-state index contributed by atoms with van der Waals surface area (Å²) in [5, 5.41) is 9.72. The number of anilines is 1. The van der Waals surface area contributed by atoms with Crippen LogP contribution in [0.5, 0.6) is 0 Å². The van der Waals surface area contributed by atoms with Crippen molar-refractivity contribution in [2.75, 3.05) is 11.9 Å². The van der Waals surface area contributed by atoms with Gasteiger partial charge in [-0.1, -0.05) is 6.92 Å². The fourth-order valence-corrected chi connectivity index (χ4v) is 1.93. The summed E-state index contributed by atoms with van der Waals surface area (Å²) in [7, 11) is 1.81. The number of aryl methyl sites for hydroxylation is 2. The highest BCUT2D eigenvalue weighted by atomic mass is 16.2. The summed E-state index contributed by atoms with van der Waals surface area (Å²) in [6.07, 6.45) is 2.81. The summed E-state index contributed by atoms with van der Waals surface area (Å²) < 4.78 is 1.67. The Kier molecular flexibility index (Phi) is 3.12. The second-order valence-corrected chi connectivity index (χ2v) is 4.21. The zero-order valence-electron chi connectivity index (χ0n) is 9.99. The van der Waals surface area contributed by atoms with Gasteiger partial charge in [-0.05, 0) is 6.42 Å². The molecular formula is C11H16N4O2. The Morgan fingerprint density at radius 2 is 2.47 bits per heavy atom. The minimum atomic E-state index is -0.271. The zero-order chi connectivity index (χ0) is 12.4. The van der Waals surface area contributed by atoms with E-state index in [-0.39, 0.29) is 24.2 Å². The predicted octanol–water partition coefficient (Wildman–Crippen LogP) is 0.0571. The van der Waals surface area contributed by atoms with Crippen LogP contribution in [0.2, 0.25) is 0 Å². The van der Waals surface area contributed by atoms with Gasteiger partial charge in [0, 0.05) is 26.2 Å². The Hall–Kier alpha value is -1.85. The number of carbonyl (C=O) groups excluding carboxylic acids is 2. The molecule has 1 aliphatic rings. The van der Waals surface area contributed by atoms with E-state index in [0.29, 0.717) is 6.54 Å². The van der Waals surface area contributed by atoms with Crippen molar-refractivity contribution in [3.05, 3.63) is 11.9 Å². The van der Waals surface area contributed by atoms with Crippen LogP contribution in [-0.2, 0) is 23.1 Å². The number of hydrogen-bond donors (Lipinski definition) is 2. The number of hydrogen-bond acceptors (Lipinski definition) is 3. The predicted molar refractivity (Wildman–Crippen MR) is 62.3 cm³/mol. The van der Waals surface area contributed by atoms with Gasteiger partial charge in [0.05, 0.1) is 17.3 Å². The average molecular weight is 236 g/mol. The molecule has 0 saturated carbocycles. The summed E-state index contributed by atoms with van der Waals surface area (Å²) in [5.74, 6) is -0.453. The van der Waals surface area contributed by atoms with E-state index in [1.165, 1.54) is 0 Å². The van der Waals surface area contributed by atoms with Crippen molar-refractivity contribution >= 4 is 17.5 Å². The van der Waals surface area contributed by atoms with E-state index in [2.05, 4.69) is 15.7 Å². The number of nitrogens with one attached hydrogen (secondary N) is 2. The van der Waals surface area contributed by atoms with Crippen LogP contribution in [0.4, 0.5) is 5.69 Å². The van der Waals surface area contributed by atoms with Crippen LogP contribution >= 0.6 is 0 Å². The third-order valence-corrected chi connectivity index (χ3v) is 2.85. The van der Waals surface area contributed by atoms with Crippen molar-refractivity contribution in [2.24, 2.45) is 13.0 Å². The summed E-state index contributed by atoms with van der Waals surface area (Å²) in [5.41, 5.74) is 1.59. The molecule has 2 rings (SSSR count). The van der Waals surface area contributed by atoms with Crippen molar-refractivity contribution in [1.29, 1.82) is 0 Å². The van der Waals surface area contributed by atoms with Gasteiger partial charge >= 0.3 is 0 Å². The standard InChI is InChI=1S/C11H16N4O2/c1-3-8-9(6-15(2)14-8)13-11(17)7-4-10(16)12-5-7/h6-7H,3-5H2,1-2H3,(H,12,16)(H,13,17). The zero-order valence-corrected chi connectivity index (χ0v) is 9.99. The Balaban J connectivity index is 2.05. The maximum Gasteiger partial charge on any atom is 0.229 e. The first-order valence-electron chi connectivity index (χ1n) is 5.70. The van der Waals surface area contributed by atoms with Crippen LogP contribution in [0.3, 0.4) is 0 Å². The SMILES string of the molecule is CCc1nn(C)cc1NC(=O)C1CNC(=O)C1. The molecule has 0 spiro atoms.